The molecule has 0 saturated carbocycles. The van der Waals surface area contributed by atoms with Crippen LogP contribution in [-0.4, -0.2) is 24.5 Å². The Kier molecular flexibility index (Phi) is 6.97. The molecule has 0 saturated heterocycles. The lowest BCUT2D eigenvalue weighted by Gasteiger charge is -2.21. The molecular formula is C12H25N. The molecular weight excluding hydrogens is 158 g/mol. The summed E-state index contributed by atoms with van der Waals surface area (Å²) < 4.78 is 0. The molecule has 0 heterocycles. The SMILES string of the molecule is C=C(C)CCN(CC)CCC(C)C. The van der Waals surface area contributed by atoms with Gasteiger partial charge in [-0.2, -0.15) is 0 Å². The summed E-state index contributed by atoms with van der Waals surface area (Å²) >= 11 is 0. The first-order valence-electron chi connectivity index (χ1n) is 5.43. The number of hydrogen-bond donors (Lipinski definition) is 0. The molecule has 1 heteroatoms. The van der Waals surface area contributed by atoms with E-state index in [2.05, 4.69) is 39.2 Å². The third kappa shape index (κ3) is 8.04. The fraction of sp³-hybridized carbons (Fsp3) is 0.833. The predicted octanol–water partition coefficient (Wildman–Crippen LogP) is 3.32. The van der Waals surface area contributed by atoms with Gasteiger partial charge in [-0.1, -0.05) is 26.3 Å². The molecule has 0 aliphatic heterocycles. The van der Waals surface area contributed by atoms with Crippen LogP contribution in [0.4, 0.5) is 0 Å². The standard InChI is InChI=1S/C12H25N/c1-6-13(9-7-11(2)3)10-8-12(4)5/h12H,2,6-10H2,1,3-5H3. The molecule has 0 amide bonds. The van der Waals surface area contributed by atoms with Gasteiger partial charge in [0.05, 0.1) is 0 Å². The van der Waals surface area contributed by atoms with E-state index < -0.39 is 0 Å². The third-order valence-electron chi connectivity index (χ3n) is 2.32. The molecule has 0 radical (unpaired) electrons. The van der Waals surface area contributed by atoms with Crippen LogP contribution in [0.2, 0.25) is 0 Å². The van der Waals surface area contributed by atoms with Gasteiger partial charge < -0.3 is 4.90 Å². The summed E-state index contributed by atoms with van der Waals surface area (Å²) in [5.74, 6) is 0.818. The zero-order chi connectivity index (χ0) is 10.3. The maximum atomic E-state index is 3.93. The lowest BCUT2D eigenvalue weighted by atomic mass is 10.1. The highest BCUT2D eigenvalue weighted by Gasteiger charge is 2.02. The van der Waals surface area contributed by atoms with Crippen molar-refractivity contribution in [2.75, 3.05) is 19.6 Å². The molecule has 0 fully saturated rings. The minimum absolute atomic E-state index is 0.818. The monoisotopic (exact) mass is 183 g/mol. The van der Waals surface area contributed by atoms with E-state index in [9.17, 15) is 0 Å². The van der Waals surface area contributed by atoms with Crippen LogP contribution in [0.3, 0.4) is 0 Å². The highest BCUT2D eigenvalue weighted by Crippen LogP contribution is 2.04. The fourth-order valence-corrected chi connectivity index (χ4v) is 1.22. The Labute approximate surface area is 83.8 Å². The molecule has 0 aliphatic carbocycles. The van der Waals surface area contributed by atoms with Gasteiger partial charge >= 0.3 is 0 Å². The summed E-state index contributed by atoms with van der Waals surface area (Å²) in [5, 5.41) is 0. The van der Waals surface area contributed by atoms with Crippen molar-refractivity contribution in [1.82, 2.24) is 4.90 Å². The molecule has 0 atom stereocenters. The van der Waals surface area contributed by atoms with Crippen LogP contribution < -0.4 is 0 Å². The maximum absolute atomic E-state index is 3.93. The van der Waals surface area contributed by atoms with Crippen LogP contribution >= 0.6 is 0 Å². The van der Waals surface area contributed by atoms with E-state index in [1.54, 1.807) is 0 Å². The van der Waals surface area contributed by atoms with E-state index in [4.69, 9.17) is 0 Å². The van der Waals surface area contributed by atoms with Gasteiger partial charge in [-0.05, 0) is 38.8 Å². The molecule has 0 aromatic rings. The van der Waals surface area contributed by atoms with Crippen molar-refractivity contribution in [3.8, 4) is 0 Å². The second kappa shape index (κ2) is 7.14. The molecule has 0 aliphatic rings. The topological polar surface area (TPSA) is 3.24 Å². The smallest absolute Gasteiger partial charge is 0.00183 e. The molecule has 0 N–H and O–H groups in total. The molecule has 0 rings (SSSR count). The van der Waals surface area contributed by atoms with E-state index >= 15 is 0 Å². The molecule has 0 aromatic heterocycles. The Morgan fingerprint density at radius 1 is 1.31 bits per heavy atom. The van der Waals surface area contributed by atoms with Crippen molar-refractivity contribution in [3.05, 3.63) is 12.2 Å². The zero-order valence-corrected chi connectivity index (χ0v) is 9.77. The highest BCUT2D eigenvalue weighted by molar-refractivity contribution is 4.88. The molecule has 13 heavy (non-hydrogen) atoms. The second-order valence-corrected chi connectivity index (χ2v) is 4.32. The molecule has 0 aromatic carbocycles. The quantitative estimate of drug-likeness (QED) is 0.547. The Hall–Kier alpha value is -0.300. The van der Waals surface area contributed by atoms with E-state index in [-0.39, 0.29) is 0 Å². The average molecular weight is 183 g/mol. The third-order valence-corrected chi connectivity index (χ3v) is 2.32. The van der Waals surface area contributed by atoms with Gasteiger partial charge in [0.25, 0.3) is 0 Å². The lowest BCUT2D eigenvalue weighted by Crippen LogP contribution is -2.26. The number of rotatable bonds is 7. The molecule has 1 nitrogen and oxygen atoms in total. The summed E-state index contributed by atoms with van der Waals surface area (Å²) in [6, 6.07) is 0. The summed E-state index contributed by atoms with van der Waals surface area (Å²) in [6.07, 6.45) is 2.45. The summed E-state index contributed by atoms with van der Waals surface area (Å²) in [5.41, 5.74) is 1.29. The Morgan fingerprint density at radius 2 is 1.92 bits per heavy atom. The molecule has 0 spiro atoms. The molecule has 78 valence electrons. The number of nitrogens with zero attached hydrogens (tertiary/aromatic N) is 1. The van der Waals surface area contributed by atoms with Crippen molar-refractivity contribution >= 4 is 0 Å². The van der Waals surface area contributed by atoms with E-state index in [1.807, 2.05) is 0 Å². The Balaban J connectivity index is 3.57. The normalized spacial score (nSPS) is 11.2. The van der Waals surface area contributed by atoms with Crippen LogP contribution in [-0.2, 0) is 0 Å². The fourth-order valence-electron chi connectivity index (χ4n) is 1.22. The molecule has 0 unspecified atom stereocenters. The van der Waals surface area contributed by atoms with Crippen LogP contribution in [0.15, 0.2) is 12.2 Å². The van der Waals surface area contributed by atoms with Crippen LogP contribution in [0.5, 0.6) is 0 Å². The predicted molar refractivity (Wildman–Crippen MR) is 61.0 cm³/mol. The van der Waals surface area contributed by atoms with Gasteiger partial charge in [-0.25, -0.2) is 0 Å². The van der Waals surface area contributed by atoms with E-state index in [0.29, 0.717) is 0 Å². The van der Waals surface area contributed by atoms with Crippen molar-refractivity contribution < 1.29 is 0 Å². The minimum Gasteiger partial charge on any atom is -0.303 e. The minimum atomic E-state index is 0.818. The second-order valence-electron chi connectivity index (χ2n) is 4.32. The van der Waals surface area contributed by atoms with Gasteiger partial charge in [-0.15, -0.1) is 6.58 Å². The van der Waals surface area contributed by atoms with Gasteiger partial charge in [0, 0.05) is 6.54 Å². The summed E-state index contributed by atoms with van der Waals surface area (Å²) in [7, 11) is 0. The Bertz CT molecular complexity index is 138. The van der Waals surface area contributed by atoms with Crippen LogP contribution in [0.25, 0.3) is 0 Å². The zero-order valence-electron chi connectivity index (χ0n) is 9.77. The van der Waals surface area contributed by atoms with Gasteiger partial charge in [0.15, 0.2) is 0 Å². The number of hydrogen-bond acceptors (Lipinski definition) is 1. The Morgan fingerprint density at radius 3 is 2.31 bits per heavy atom. The first-order valence-corrected chi connectivity index (χ1v) is 5.43. The first kappa shape index (κ1) is 12.7. The van der Waals surface area contributed by atoms with E-state index in [1.165, 1.54) is 31.6 Å². The lowest BCUT2D eigenvalue weighted by molar-refractivity contribution is 0.273. The van der Waals surface area contributed by atoms with Crippen LogP contribution in [0.1, 0.15) is 40.5 Å². The largest absolute Gasteiger partial charge is 0.303 e. The van der Waals surface area contributed by atoms with Gasteiger partial charge in [0.1, 0.15) is 0 Å². The highest BCUT2D eigenvalue weighted by atomic mass is 15.1. The van der Waals surface area contributed by atoms with Crippen molar-refractivity contribution in [2.45, 2.75) is 40.5 Å². The van der Waals surface area contributed by atoms with Crippen molar-refractivity contribution in [3.63, 3.8) is 0 Å². The average Bonchev–Trinajstić information content (AvgIpc) is 2.04. The molecule has 0 bridgehead atoms. The maximum Gasteiger partial charge on any atom is 0.00183 e. The van der Waals surface area contributed by atoms with Crippen molar-refractivity contribution in [2.24, 2.45) is 5.92 Å². The van der Waals surface area contributed by atoms with Gasteiger partial charge in [0.2, 0.25) is 0 Å². The first-order chi connectivity index (χ1) is 6.06. The van der Waals surface area contributed by atoms with Crippen LogP contribution in [0, 0.1) is 5.92 Å². The summed E-state index contributed by atoms with van der Waals surface area (Å²) in [6.45, 7) is 16.4. The van der Waals surface area contributed by atoms with E-state index in [0.717, 1.165) is 12.3 Å². The summed E-state index contributed by atoms with van der Waals surface area (Å²) in [4.78, 5) is 2.51. The van der Waals surface area contributed by atoms with Crippen molar-refractivity contribution in [1.29, 1.82) is 0 Å². The van der Waals surface area contributed by atoms with Gasteiger partial charge in [-0.3, -0.25) is 0 Å².